The van der Waals surface area contributed by atoms with Crippen molar-refractivity contribution in [1.82, 2.24) is 0 Å². The Morgan fingerprint density at radius 2 is 2.00 bits per heavy atom. The van der Waals surface area contributed by atoms with E-state index < -0.39 is 0 Å². The average molecular weight is 220 g/mol. The molecule has 1 aromatic rings. The molecule has 0 aliphatic heterocycles. The zero-order valence-corrected chi connectivity index (χ0v) is 9.76. The van der Waals surface area contributed by atoms with E-state index in [1.165, 1.54) is 5.56 Å². The van der Waals surface area contributed by atoms with Crippen molar-refractivity contribution in [3.63, 3.8) is 0 Å². The van der Waals surface area contributed by atoms with Gasteiger partial charge in [-0.25, -0.2) is 0 Å². The van der Waals surface area contributed by atoms with Gasteiger partial charge in [0.05, 0.1) is 12.7 Å². The average Bonchev–Trinajstić information content (AvgIpc) is 2.28. The lowest BCUT2D eigenvalue weighted by atomic mass is 10.0. The fourth-order valence-corrected chi connectivity index (χ4v) is 1.69. The maximum absolute atomic E-state index is 9.79. The summed E-state index contributed by atoms with van der Waals surface area (Å²) in [5.41, 5.74) is 2.30. The van der Waals surface area contributed by atoms with Crippen LogP contribution in [0.15, 0.2) is 42.0 Å². The van der Waals surface area contributed by atoms with Gasteiger partial charge in [0, 0.05) is 0 Å². The van der Waals surface area contributed by atoms with Crippen LogP contribution in [0.4, 0.5) is 0 Å². The van der Waals surface area contributed by atoms with Crippen LogP contribution >= 0.6 is 0 Å². The topological polar surface area (TPSA) is 40.5 Å². The van der Waals surface area contributed by atoms with Gasteiger partial charge in [-0.1, -0.05) is 42.0 Å². The number of aliphatic hydroxyl groups is 2. The lowest BCUT2D eigenvalue weighted by Crippen LogP contribution is -2.08. The van der Waals surface area contributed by atoms with E-state index in [1.54, 1.807) is 6.08 Å². The third kappa shape index (κ3) is 5.10. The molecule has 0 saturated heterocycles. The highest BCUT2D eigenvalue weighted by Crippen LogP contribution is 2.11. The van der Waals surface area contributed by atoms with Crippen molar-refractivity contribution >= 4 is 0 Å². The molecular weight excluding hydrogens is 200 g/mol. The van der Waals surface area contributed by atoms with Crippen LogP contribution in [0, 0.1) is 0 Å². The van der Waals surface area contributed by atoms with Crippen molar-refractivity contribution < 1.29 is 10.2 Å². The minimum absolute atomic E-state index is 0.0528. The van der Waals surface area contributed by atoms with E-state index in [9.17, 15) is 5.11 Å². The molecule has 0 bridgehead atoms. The fraction of sp³-hybridized carbons (Fsp3) is 0.429. The largest absolute Gasteiger partial charge is 0.393 e. The van der Waals surface area contributed by atoms with Crippen molar-refractivity contribution in [2.24, 2.45) is 0 Å². The Balaban J connectivity index is 2.30. The summed E-state index contributed by atoms with van der Waals surface area (Å²) in [5, 5.41) is 18.5. The highest BCUT2D eigenvalue weighted by Gasteiger charge is 2.05. The molecule has 0 fully saturated rings. The second-order valence-electron chi connectivity index (χ2n) is 4.12. The van der Waals surface area contributed by atoms with Crippen LogP contribution in [0.3, 0.4) is 0 Å². The molecule has 2 nitrogen and oxygen atoms in total. The van der Waals surface area contributed by atoms with Gasteiger partial charge in [0.15, 0.2) is 0 Å². The zero-order valence-electron chi connectivity index (χ0n) is 9.76. The molecule has 88 valence electrons. The predicted molar refractivity (Wildman–Crippen MR) is 66.2 cm³/mol. The first-order chi connectivity index (χ1) is 7.72. The van der Waals surface area contributed by atoms with Gasteiger partial charge in [-0.05, 0) is 31.7 Å². The molecule has 1 rings (SSSR count). The van der Waals surface area contributed by atoms with Gasteiger partial charge < -0.3 is 10.2 Å². The molecular formula is C14H20O2. The van der Waals surface area contributed by atoms with Gasteiger partial charge in [0.2, 0.25) is 0 Å². The van der Waals surface area contributed by atoms with Crippen LogP contribution in [-0.4, -0.2) is 22.9 Å². The van der Waals surface area contributed by atoms with Gasteiger partial charge in [-0.3, -0.25) is 0 Å². The Bertz CT molecular complexity index is 317. The van der Waals surface area contributed by atoms with E-state index >= 15 is 0 Å². The highest BCUT2D eigenvalue weighted by atomic mass is 16.3. The van der Waals surface area contributed by atoms with Crippen LogP contribution in [0.25, 0.3) is 0 Å². The summed E-state index contributed by atoms with van der Waals surface area (Å²) in [6.45, 7) is 1.99. The standard InChI is InChI=1S/C14H20O2/c1-12(9-10-15)11-14(16)8-7-13-5-3-2-4-6-13/h2-6,9,14-16H,7-8,10-11H2,1H3/b12-9-. The number of aliphatic hydroxyl groups excluding tert-OH is 2. The molecule has 1 atom stereocenters. The first kappa shape index (κ1) is 12.9. The summed E-state index contributed by atoms with van der Waals surface area (Å²) in [4.78, 5) is 0. The third-order valence-electron chi connectivity index (χ3n) is 2.61. The zero-order chi connectivity index (χ0) is 11.8. The second-order valence-corrected chi connectivity index (χ2v) is 4.12. The van der Waals surface area contributed by atoms with E-state index in [-0.39, 0.29) is 12.7 Å². The van der Waals surface area contributed by atoms with E-state index in [4.69, 9.17) is 5.11 Å². The summed E-state index contributed by atoms with van der Waals surface area (Å²) in [6, 6.07) is 10.2. The van der Waals surface area contributed by atoms with Gasteiger partial charge in [0.1, 0.15) is 0 Å². The Hall–Kier alpha value is -1.12. The molecule has 0 aromatic heterocycles. The monoisotopic (exact) mass is 220 g/mol. The number of hydrogen-bond donors (Lipinski definition) is 2. The first-order valence-electron chi connectivity index (χ1n) is 5.71. The summed E-state index contributed by atoms with van der Waals surface area (Å²) < 4.78 is 0. The minimum atomic E-state index is -0.317. The molecule has 0 heterocycles. The van der Waals surface area contributed by atoms with E-state index in [0.29, 0.717) is 6.42 Å². The minimum Gasteiger partial charge on any atom is -0.393 e. The van der Waals surface area contributed by atoms with Crippen LogP contribution in [-0.2, 0) is 6.42 Å². The summed E-state index contributed by atoms with van der Waals surface area (Å²) in [6.07, 6.45) is 3.73. The summed E-state index contributed by atoms with van der Waals surface area (Å²) in [5.74, 6) is 0. The molecule has 1 aromatic carbocycles. The number of rotatable bonds is 6. The van der Waals surface area contributed by atoms with E-state index in [1.807, 2.05) is 25.1 Å². The molecule has 0 spiro atoms. The Kier molecular flexibility index (Phi) is 5.83. The quantitative estimate of drug-likeness (QED) is 0.722. The molecule has 0 aliphatic rings. The number of benzene rings is 1. The predicted octanol–water partition coefficient (Wildman–Crippen LogP) is 2.31. The van der Waals surface area contributed by atoms with Crippen LogP contribution in [0.2, 0.25) is 0 Å². The van der Waals surface area contributed by atoms with E-state index in [0.717, 1.165) is 18.4 Å². The maximum atomic E-state index is 9.79. The fourth-order valence-electron chi connectivity index (χ4n) is 1.69. The molecule has 1 unspecified atom stereocenters. The van der Waals surface area contributed by atoms with Crippen molar-refractivity contribution in [3.05, 3.63) is 47.5 Å². The van der Waals surface area contributed by atoms with Gasteiger partial charge >= 0.3 is 0 Å². The summed E-state index contributed by atoms with van der Waals surface area (Å²) >= 11 is 0. The van der Waals surface area contributed by atoms with E-state index in [2.05, 4.69) is 12.1 Å². The van der Waals surface area contributed by atoms with Gasteiger partial charge in [-0.2, -0.15) is 0 Å². The van der Waals surface area contributed by atoms with Crippen LogP contribution in [0.1, 0.15) is 25.3 Å². The van der Waals surface area contributed by atoms with Crippen molar-refractivity contribution in [2.45, 2.75) is 32.3 Å². The summed E-state index contributed by atoms with van der Waals surface area (Å²) in [7, 11) is 0. The normalized spacial score (nSPS) is 13.8. The Labute approximate surface area is 97.2 Å². The molecule has 0 aliphatic carbocycles. The van der Waals surface area contributed by atoms with Crippen LogP contribution < -0.4 is 0 Å². The first-order valence-corrected chi connectivity index (χ1v) is 5.71. The van der Waals surface area contributed by atoms with Crippen molar-refractivity contribution in [1.29, 1.82) is 0 Å². The molecule has 2 heteroatoms. The molecule has 0 amide bonds. The SMILES string of the molecule is C/C(=C/CO)CC(O)CCc1ccccc1. The third-order valence-corrected chi connectivity index (χ3v) is 2.61. The van der Waals surface area contributed by atoms with Crippen molar-refractivity contribution in [2.75, 3.05) is 6.61 Å². The lowest BCUT2D eigenvalue weighted by Gasteiger charge is -2.10. The maximum Gasteiger partial charge on any atom is 0.0614 e. The van der Waals surface area contributed by atoms with Gasteiger partial charge in [-0.15, -0.1) is 0 Å². The Morgan fingerprint density at radius 3 is 2.62 bits per heavy atom. The number of hydrogen-bond acceptors (Lipinski definition) is 2. The van der Waals surface area contributed by atoms with Gasteiger partial charge in [0.25, 0.3) is 0 Å². The van der Waals surface area contributed by atoms with Crippen LogP contribution in [0.5, 0.6) is 0 Å². The highest BCUT2D eigenvalue weighted by molar-refractivity contribution is 5.14. The number of aryl methyl sites for hydroxylation is 1. The van der Waals surface area contributed by atoms with Crippen molar-refractivity contribution in [3.8, 4) is 0 Å². The Morgan fingerprint density at radius 1 is 1.31 bits per heavy atom. The molecule has 0 radical (unpaired) electrons. The molecule has 0 saturated carbocycles. The second kappa shape index (κ2) is 7.20. The molecule has 2 N–H and O–H groups in total. The molecule has 16 heavy (non-hydrogen) atoms. The smallest absolute Gasteiger partial charge is 0.0614 e. The lowest BCUT2D eigenvalue weighted by molar-refractivity contribution is 0.165.